The molecular weight excluding hydrogens is 356 g/mol. The topological polar surface area (TPSA) is 90.1 Å². The van der Waals surface area contributed by atoms with Crippen LogP contribution in [0.25, 0.3) is 11.3 Å². The van der Waals surface area contributed by atoms with E-state index < -0.39 is 0 Å². The average molecular weight is 373 g/mol. The van der Waals surface area contributed by atoms with Gasteiger partial charge in [-0.15, -0.1) is 0 Å². The van der Waals surface area contributed by atoms with Gasteiger partial charge < -0.3 is 14.6 Å². The Morgan fingerprint density at radius 3 is 2.65 bits per heavy atom. The molecule has 1 N–H and O–H groups in total. The van der Waals surface area contributed by atoms with E-state index in [1.165, 1.54) is 18.7 Å². The first kappa shape index (κ1) is 17.9. The molecule has 0 atom stereocenters. The van der Waals surface area contributed by atoms with E-state index >= 15 is 0 Å². The summed E-state index contributed by atoms with van der Waals surface area (Å²) in [5.74, 6) is 0.0254. The van der Waals surface area contributed by atoms with E-state index in [4.69, 9.17) is 20.9 Å². The Morgan fingerprint density at radius 2 is 2.00 bits per heavy atom. The minimum absolute atomic E-state index is 0.0279. The Balaban J connectivity index is 1.66. The number of halogens is 1. The second-order valence-corrected chi connectivity index (χ2v) is 6.29. The second-order valence-electron chi connectivity index (χ2n) is 5.85. The van der Waals surface area contributed by atoms with Crippen LogP contribution in [0.3, 0.4) is 0 Å². The summed E-state index contributed by atoms with van der Waals surface area (Å²) >= 11 is 5.90. The molecule has 0 radical (unpaired) electrons. The highest BCUT2D eigenvalue weighted by Gasteiger charge is 2.13. The standard InChI is InChI=1S/C18H17ClN4O3/c1-11(2)22-18(24)15-7-21-16(8-20-15)25-9-13-10-26-23-17(13)12-3-5-14(19)6-4-12/h3-8,10-11H,9H2,1-2H3,(H,22,24). The quantitative estimate of drug-likeness (QED) is 0.712. The third kappa shape index (κ3) is 4.37. The van der Waals surface area contributed by atoms with E-state index in [0.717, 1.165) is 11.1 Å². The summed E-state index contributed by atoms with van der Waals surface area (Å²) < 4.78 is 10.7. The molecule has 0 aliphatic heterocycles. The fraction of sp³-hybridized carbons (Fsp3) is 0.222. The molecule has 0 spiro atoms. The molecule has 0 unspecified atom stereocenters. The summed E-state index contributed by atoms with van der Waals surface area (Å²) in [4.78, 5) is 20.0. The van der Waals surface area contributed by atoms with Gasteiger partial charge in [-0.1, -0.05) is 28.9 Å². The number of carbonyl (C=O) groups is 1. The fourth-order valence-electron chi connectivity index (χ4n) is 2.20. The lowest BCUT2D eigenvalue weighted by atomic mass is 10.1. The maximum Gasteiger partial charge on any atom is 0.271 e. The first-order valence-electron chi connectivity index (χ1n) is 7.98. The zero-order valence-electron chi connectivity index (χ0n) is 14.3. The Hall–Kier alpha value is -2.93. The molecule has 8 heteroatoms. The largest absolute Gasteiger partial charge is 0.471 e. The summed E-state index contributed by atoms with van der Waals surface area (Å²) in [6.07, 6.45) is 4.30. The molecule has 0 bridgehead atoms. The van der Waals surface area contributed by atoms with Gasteiger partial charge >= 0.3 is 0 Å². The molecule has 2 aromatic heterocycles. The lowest BCUT2D eigenvalue weighted by Gasteiger charge is -2.08. The van der Waals surface area contributed by atoms with Crippen molar-refractivity contribution in [2.75, 3.05) is 0 Å². The molecule has 0 saturated heterocycles. The number of benzene rings is 1. The Kier molecular flexibility index (Phi) is 5.48. The van der Waals surface area contributed by atoms with Crippen LogP contribution in [0, 0.1) is 0 Å². The van der Waals surface area contributed by atoms with E-state index in [0.29, 0.717) is 16.6 Å². The van der Waals surface area contributed by atoms with Gasteiger partial charge in [-0.3, -0.25) is 4.79 Å². The van der Waals surface area contributed by atoms with Crippen LogP contribution in [-0.4, -0.2) is 27.1 Å². The molecule has 0 saturated carbocycles. The number of hydrogen-bond donors (Lipinski definition) is 1. The van der Waals surface area contributed by atoms with Crippen LogP contribution in [0.15, 0.2) is 47.4 Å². The van der Waals surface area contributed by atoms with Crippen molar-refractivity contribution in [2.45, 2.75) is 26.5 Å². The smallest absolute Gasteiger partial charge is 0.271 e. The number of ether oxygens (including phenoxy) is 1. The monoisotopic (exact) mass is 372 g/mol. The summed E-state index contributed by atoms with van der Waals surface area (Å²) in [6.45, 7) is 3.95. The highest BCUT2D eigenvalue weighted by molar-refractivity contribution is 6.30. The zero-order chi connectivity index (χ0) is 18.5. The lowest BCUT2D eigenvalue weighted by Crippen LogP contribution is -2.30. The van der Waals surface area contributed by atoms with Gasteiger partial charge in [0.05, 0.1) is 18.0 Å². The van der Waals surface area contributed by atoms with Crippen LogP contribution in [-0.2, 0) is 6.61 Å². The second kappa shape index (κ2) is 7.97. The van der Waals surface area contributed by atoms with Crippen molar-refractivity contribution in [3.8, 4) is 17.1 Å². The van der Waals surface area contributed by atoms with Gasteiger partial charge in [-0.25, -0.2) is 9.97 Å². The molecular formula is C18H17ClN4O3. The summed E-state index contributed by atoms with van der Waals surface area (Å²) in [6, 6.07) is 7.29. The Bertz CT molecular complexity index is 876. The molecule has 3 aromatic rings. The van der Waals surface area contributed by atoms with E-state index in [1.807, 2.05) is 26.0 Å². The molecule has 7 nitrogen and oxygen atoms in total. The van der Waals surface area contributed by atoms with Crippen LogP contribution in [0.2, 0.25) is 5.02 Å². The zero-order valence-corrected chi connectivity index (χ0v) is 15.0. The Labute approximate surface area is 155 Å². The highest BCUT2D eigenvalue weighted by Crippen LogP contribution is 2.24. The van der Waals surface area contributed by atoms with Crippen molar-refractivity contribution in [1.29, 1.82) is 0 Å². The van der Waals surface area contributed by atoms with Crippen molar-refractivity contribution in [1.82, 2.24) is 20.4 Å². The molecule has 134 valence electrons. The van der Waals surface area contributed by atoms with Crippen molar-refractivity contribution in [3.05, 3.63) is 59.2 Å². The first-order chi connectivity index (χ1) is 12.5. The fourth-order valence-corrected chi connectivity index (χ4v) is 2.33. The van der Waals surface area contributed by atoms with E-state index in [1.54, 1.807) is 12.1 Å². The average Bonchev–Trinajstić information content (AvgIpc) is 3.09. The number of rotatable bonds is 6. The van der Waals surface area contributed by atoms with Crippen molar-refractivity contribution >= 4 is 17.5 Å². The summed E-state index contributed by atoms with van der Waals surface area (Å²) in [7, 11) is 0. The number of amides is 1. The van der Waals surface area contributed by atoms with Gasteiger partial charge in [0, 0.05) is 16.6 Å². The molecule has 1 aromatic carbocycles. The number of nitrogens with one attached hydrogen (secondary N) is 1. The van der Waals surface area contributed by atoms with Gasteiger partial charge in [0.15, 0.2) is 0 Å². The van der Waals surface area contributed by atoms with E-state index in [9.17, 15) is 4.79 Å². The molecule has 1 amide bonds. The normalized spacial score (nSPS) is 10.8. The predicted molar refractivity (Wildman–Crippen MR) is 95.9 cm³/mol. The van der Waals surface area contributed by atoms with Crippen LogP contribution >= 0.6 is 11.6 Å². The van der Waals surface area contributed by atoms with Crippen LogP contribution < -0.4 is 10.1 Å². The van der Waals surface area contributed by atoms with Crippen LogP contribution in [0.4, 0.5) is 0 Å². The van der Waals surface area contributed by atoms with Gasteiger partial charge in [-0.2, -0.15) is 0 Å². The van der Waals surface area contributed by atoms with Crippen LogP contribution in [0.1, 0.15) is 29.9 Å². The minimum atomic E-state index is -0.275. The number of nitrogens with zero attached hydrogens (tertiary/aromatic N) is 3. The number of carbonyl (C=O) groups excluding carboxylic acids is 1. The van der Waals surface area contributed by atoms with E-state index in [-0.39, 0.29) is 24.2 Å². The molecule has 0 aliphatic carbocycles. The SMILES string of the molecule is CC(C)NC(=O)c1cnc(OCc2conc2-c2ccc(Cl)cc2)cn1. The predicted octanol–water partition coefficient (Wildman–Crippen LogP) is 3.50. The lowest BCUT2D eigenvalue weighted by molar-refractivity contribution is 0.0937. The Morgan fingerprint density at radius 1 is 1.23 bits per heavy atom. The third-order valence-electron chi connectivity index (χ3n) is 3.42. The maximum absolute atomic E-state index is 11.9. The van der Waals surface area contributed by atoms with Gasteiger partial charge in [0.2, 0.25) is 5.88 Å². The number of hydrogen-bond acceptors (Lipinski definition) is 6. The van der Waals surface area contributed by atoms with Gasteiger partial charge in [0.1, 0.15) is 24.3 Å². The molecule has 2 heterocycles. The number of aromatic nitrogens is 3. The molecule has 3 rings (SSSR count). The minimum Gasteiger partial charge on any atom is -0.471 e. The van der Waals surface area contributed by atoms with Crippen LogP contribution in [0.5, 0.6) is 5.88 Å². The van der Waals surface area contributed by atoms with Gasteiger partial charge in [-0.05, 0) is 26.0 Å². The van der Waals surface area contributed by atoms with Gasteiger partial charge in [0.25, 0.3) is 5.91 Å². The molecule has 0 fully saturated rings. The van der Waals surface area contributed by atoms with E-state index in [2.05, 4.69) is 20.4 Å². The van der Waals surface area contributed by atoms with Crippen molar-refractivity contribution < 1.29 is 14.1 Å². The first-order valence-corrected chi connectivity index (χ1v) is 8.35. The molecule has 0 aliphatic rings. The highest BCUT2D eigenvalue weighted by atomic mass is 35.5. The van der Waals surface area contributed by atoms with Crippen molar-refractivity contribution in [3.63, 3.8) is 0 Å². The maximum atomic E-state index is 11.9. The summed E-state index contributed by atoms with van der Waals surface area (Å²) in [5.41, 5.74) is 2.53. The third-order valence-corrected chi connectivity index (χ3v) is 3.67. The molecule has 26 heavy (non-hydrogen) atoms. The van der Waals surface area contributed by atoms with Crippen molar-refractivity contribution in [2.24, 2.45) is 0 Å². The summed E-state index contributed by atoms with van der Waals surface area (Å²) in [5, 5.41) is 7.40.